The lowest BCUT2D eigenvalue weighted by Crippen LogP contribution is -2.10. The molecule has 0 unspecified atom stereocenters. The van der Waals surface area contributed by atoms with E-state index in [4.69, 9.17) is 23.2 Å². The highest BCUT2D eigenvalue weighted by molar-refractivity contribution is 6.35. The van der Waals surface area contributed by atoms with Gasteiger partial charge in [0.05, 0.1) is 12.7 Å². The predicted molar refractivity (Wildman–Crippen MR) is 103 cm³/mol. The minimum atomic E-state index is -0.269. The van der Waals surface area contributed by atoms with Gasteiger partial charge in [0.15, 0.2) is 5.82 Å². The van der Waals surface area contributed by atoms with E-state index in [2.05, 4.69) is 15.5 Å². The Labute approximate surface area is 161 Å². The van der Waals surface area contributed by atoms with Crippen LogP contribution in [0.4, 0.5) is 5.82 Å². The van der Waals surface area contributed by atoms with E-state index in [-0.39, 0.29) is 5.91 Å². The van der Waals surface area contributed by atoms with Crippen molar-refractivity contribution in [3.63, 3.8) is 0 Å². The lowest BCUT2D eigenvalue weighted by Gasteiger charge is -2.08. The Morgan fingerprint density at radius 3 is 2.69 bits per heavy atom. The van der Waals surface area contributed by atoms with Crippen LogP contribution in [0, 0.1) is 6.92 Å². The zero-order valence-corrected chi connectivity index (χ0v) is 15.8. The molecule has 8 heteroatoms. The van der Waals surface area contributed by atoms with Crippen LogP contribution in [0.1, 0.15) is 16.8 Å². The molecule has 0 aliphatic rings. The number of benzene rings is 1. The van der Waals surface area contributed by atoms with Gasteiger partial charge >= 0.3 is 0 Å². The van der Waals surface area contributed by atoms with E-state index in [1.165, 1.54) is 6.08 Å². The summed E-state index contributed by atoms with van der Waals surface area (Å²) < 4.78 is 3.41. The van der Waals surface area contributed by atoms with Crippen LogP contribution in [0.5, 0.6) is 0 Å². The Morgan fingerprint density at radius 1 is 1.31 bits per heavy atom. The zero-order valence-electron chi connectivity index (χ0n) is 14.3. The standard InChI is InChI=1S/C18H17Cl2N5O/c1-12-8-17(22-18(26)7-6-13-9-21-24(2)10-13)23-25(12)11-14-15(19)4-3-5-16(14)20/h3-10H,11H2,1-2H3,(H,22,23,26)/b7-6+. The van der Waals surface area contributed by atoms with Crippen molar-refractivity contribution >= 4 is 41.0 Å². The second kappa shape index (κ2) is 7.76. The van der Waals surface area contributed by atoms with Crippen LogP contribution in [-0.2, 0) is 18.4 Å². The van der Waals surface area contributed by atoms with Crippen molar-refractivity contribution in [2.24, 2.45) is 7.05 Å². The van der Waals surface area contributed by atoms with Crippen molar-refractivity contribution in [3.8, 4) is 0 Å². The van der Waals surface area contributed by atoms with Crippen LogP contribution in [0.15, 0.2) is 42.7 Å². The molecule has 0 bridgehead atoms. The van der Waals surface area contributed by atoms with Gasteiger partial charge in [-0.15, -0.1) is 0 Å². The van der Waals surface area contributed by atoms with Gasteiger partial charge in [0.2, 0.25) is 5.91 Å². The number of hydrogen-bond acceptors (Lipinski definition) is 3. The Kier molecular flexibility index (Phi) is 5.44. The van der Waals surface area contributed by atoms with Gasteiger partial charge in [0.1, 0.15) is 0 Å². The third-order valence-electron chi connectivity index (χ3n) is 3.75. The molecule has 0 saturated carbocycles. The number of nitrogens with one attached hydrogen (secondary N) is 1. The summed E-state index contributed by atoms with van der Waals surface area (Å²) in [7, 11) is 1.82. The van der Waals surface area contributed by atoms with Gasteiger partial charge in [-0.3, -0.25) is 14.2 Å². The number of carbonyl (C=O) groups excluding carboxylic acids is 1. The van der Waals surface area contributed by atoms with Gasteiger partial charge in [-0.2, -0.15) is 10.2 Å². The molecule has 1 N–H and O–H groups in total. The zero-order chi connectivity index (χ0) is 18.7. The Hall–Kier alpha value is -2.57. The first-order valence-corrected chi connectivity index (χ1v) is 8.63. The number of aromatic nitrogens is 4. The van der Waals surface area contributed by atoms with Gasteiger partial charge in [-0.25, -0.2) is 0 Å². The highest BCUT2D eigenvalue weighted by atomic mass is 35.5. The van der Waals surface area contributed by atoms with Gasteiger partial charge in [-0.05, 0) is 25.1 Å². The molecule has 0 aliphatic heterocycles. The first kappa shape index (κ1) is 18.2. The number of rotatable bonds is 5. The molecule has 26 heavy (non-hydrogen) atoms. The Balaban J connectivity index is 1.70. The summed E-state index contributed by atoms with van der Waals surface area (Å²) in [6, 6.07) is 7.16. The van der Waals surface area contributed by atoms with Crippen LogP contribution in [0.25, 0.3) is 6.08 Å². The topological polar surface area (TPSA) is 64.7 Å². The summed E-state index contributed by atoms with van der Waals surface area (Å²) >= 11 is 12.4. The molecule has 1 aromatic carbocycles. The third-order valence-corrected chi connectivity index (χ3v) is 4.46. The molecule has 2 heterocycles. The van der Waals surface area contributed by atoms with Crippen molar-refractivity contribution in [3.05, 3.63) is 69.6 Å². The maximum atomic E-state index is 12.1. The summed E-state index contributed by atoms with van der Waals surface area (Å²) in [5, 5.41) is 12.4. The molecule has 0 saturated heterocycles. The molecule has 0 atom stereocenters. The van der Waals surface area contributed by atoms with Crippen molar-refractivity contribution in [2.45, 2.75) is 13.5 Å². The minimum Gasteiger partial charge on any atom is -0.306 e. The van der Waals surface area contributed by atoms with Gasteiger partial charge in [0, 0.05) is 52.3 Å². The number of amides is 1. The van der Waals surface area contributed by atoms with Crippen molar-refractivity contribution < 1.29 is 4.79 Å². The third kappa shape index (κ3) is 4.33. The number of halogens is 2. The Bertz CT molecular complexity index is 954. The fraction of sp³-hybridized carbons (Fsp3) is 0.167. The van der Waals surface area contributed by atoms with E-state index < -0.39 is 0 Å². The lowest BCUT2D eigenvalue weighted by atomic mass is 10.2. The molecule has 0 fully saturated rings. The second-order valence-corrected chi connectivity index (χ2v) is 6.61. The molecule has 2 aromatic heterocycles. The number of hydrogen-bond donors (Lipinski definition) is 1. The van der Waals surface area contributed by atoms with Gasteiger partial charge in [0.25, 0.3) is 0 Å². The molecule has 6 nitrogen and oxygen atoms in total. The van der Waals surface area contributed by atoms with Crippen molar-refractivity contribution in [1.29, 1.82) is 0 Å². The van der Waals surface area contributed by atoms with E-state index >= 15 is 0 Å². The van der Waals surface area contributed by atoms with Crippen LogP contribution < -0.4 is 5.32 Å². The maximum Gasteiger partial charge on any atom is 0.249 e. The normalized spacial score (nSPS) is 11.2. The summed E-state index contributed by atoms with van der Waals surface area (Å²) in [5.74, 6) is 0.195. The second-order valence-electron chi connectivity index (χ2n) is 5.80. The highest BCUT2D eigenvalue weighted by Crippen LogP contribution is 2.25. The molecular formula is C18H17Cl2N5O. The van der Waals surface area contributed by atoms with Crippen molar-refractivity contribution in [1.82, 2.24) is 19.6 Å². The molecule has 0 radical (unpaired) electrons. The fourth-order valence-electron chi connectivity index (χ4n) is 2.43. The average molecular weight is 390 g/mol. The Morgan fingerprint density at radius 2 is 2.04 bits per heavy atom. The molecule has 0 aliphatic carbocycles. The van der Waals surface area contributed by atoms with E-state index in [9.17, 15) is 4.79 Å². The summed E-state index contributed by atoms with van der Waals surface area (Å²) in [6.45, 7) is 2.32. The number of carbonyl (C=O) groups is 1. The van der Waals surface area contributed by atoms with E-state index in [1.807, 2.05) is 20.2 Å². The monoisotopic (exact) mass is 389 g/mol. The average Bonchev–Trinajstić information content (AvgIpc) is 3.15. The van der Waals surface area contributed by atoms with Gasteiger partial charge in [-0.1, -0.05) is 29.3 Å². The van der Waals surface area contributed by atoms with Crippen LogP contribution in [0.3, 0.4) is 0 Å². The maximum absolute atomic E-state index is 12.1. The number of anilines is 1. The molecule has 3 rings (SSSR count). The van der Waals surface area contributed by atoms with Crippen LogP contribution in [-0.4, -0.2) is 25.5 Å². The number of nitrogens with zero attached hydrogens (tertiary/aromatic N) is 4. The molecule has 3 aromatic rings. The molecule has 134 valence electrons. The smallest absolute Gasteiger partial charge is 0.249 e. The summed E-state index contributed by atoms with van der Waals surface area (Å²) in [6.07, 6.45) is 6.62. The highest BCUT2D eigenvalue weighted by Gasteiger charge is 2.11. The quantitative estimate of drug-likeness (QED) is 0.672. The van der Waals surface area contributed by atoms with E-state index in [0.29, 0.717) is 22.4 Å². The van der Waals surface area contributed by atoms with Crippen molar-refractivity contribution in [2.75, 3.05) is 5.32 Å². The van der Waals surface area contributed by atoms with E-state index in [1.54, 1.807) is 45.9 Å². The van der Waals surface area contributed by atoms with Crippen LogP contribution in [0.2, 0.25) is 10.0 Å². The summed E-state index contributed by atoms with van der Waals surface area (Å²) in [5.41, 5.74) is 2.52. The molecule has 0 spiro atoms. The fourth-order valence-corrected chi connectivity index (χ4v) is 2.95. The first-order chi connectivity index (χ1) is 12.4. The van der Waals surface area contributed by atoms with Crippen LogP contribution >= 0.6 is 23.2 Å². The molecule has 1 amide bonds. The largest absolute Gasteiger partial charge is 0.306 e. The summed E-state index contributed by atoms with van der Waals surface area (Å²) in [4.78, 5) is 12.1. The first-order valence-electron chi connectivity index (χ1n) is 7.87. The van der Waals surface area contributed by atoms with E-state index in [0.717, 1.165) is 16.8 Å². The SMILES string of the molecule is Cc1cc(NC(=O)/C=C/c2cnn(C)c2)nn1Cc1c(Cl)cccc1Cl. The lowest BCUT2D eigenvalue weighted by molar-refractivity contribution is -0.111. The van der Waals surface area contributed by atoms with Gasteiger partial charge < -0.3 is 5.32 Å². The predicted octanol–water partition coefficient (Wildman–Crippen LogP) is 3.93. The minimum absolute atomic E-state index is 0.269. The molecular weight excluding hydrogens is 373 g/mol. The number of aryl methyl sites for hydroxylation is 2.